The number of amides is 1. The van der Waals surface area contributed by atoms with Crippen LogP contribution in [0.4, 0.5) is 10.1 Å². The lowest BCUT2D eigenvalue weighted by atomic mass is 9.96. The van der Waals surface area contributed by atoms with Crippen molar-refractivity contribution in [1.82, 2.24) is 10.0 Å². The number of carbonyl (C=O) groups excluding carboxylic acids is 1. The van der Waals surface area contributed by atoms with Crippen molar-refractivity contribution >= 4 is 34.0 Å². The van der Waals surface area contributed by atoms with Gasteiger partial charge in [0.25, 0.3) is 5.91 Å². The third-order valence-corrected chi connectivity index (χ3v) is 6.17. The Hall–Kier alpha value is -2.00. The van der Waals surface area contributed by atoms with Crippen LogP contribution in [0.15, 0.2) is 53.4 Å². The molecular formula is C19H23ClFN3O3S. The lowest BCUT2D eigenvalue weighted by molar-refractivity contribution is 0.102. The molecule has 3 N–H and O–H groups in total. The fourth-order valence-electron chi connectivity index (χ4n) is 2.94. The molecule has 0 radical (unpaired) electrons. The summed E-state index contributed by atoms with van der Waals surface area (Å²) < 4.78 is 40.8. The number of halogens is 2. The fourth-order valence-corrected chi connectivity index (χ4v) is 4.28. The molecular weight excluding hydrogens is 405 g/mol. The Kier molecular flexibility index (Phi) is 7.54. The van der Waals surface area contributed by atoms with E-state index in [1.54, 1.807) is 0 Å². The first-order valence-corrected chi connectivity index (χ1v) is 10.2. The summed E-state index contributed by atoms with van der Waals surface area (Å²) in [5.74, 6) is -0.558. The third kappa shape index (κ3) is 5.51. The van der Waals surface area contributed by atoms with Gasteiger partial charge in [0.05, 0.1) is 4.90 Å². The van der Waals surface area contributed by atoms with Crippen LogP contribution in [-0.4, -0.2) is 33.5 Å². The van der Waals surface area contributed by atoms with Gasteiger partial charge in [0.1, 0.15) is 5.82 Å². The Morgan fingerprint density at radius 1 is 1.11 bits per heavy atom. The molecule has 0 saturated carbocycles. The van der Waals surface area contributed by atoms with E-state index in [2.05, 4.69) is 15.4 Å². The van der Waals surface area contributed by atoms with Crippen LogP contribution in [0.25, 0.3) is 0 Å². The number of nitrogens with one attached hydrogen (secondary N) is 3. The van der Waals surface area contributed by atoms with Gasteiger partial charge in [-0.2, -0.15) is 0 Å². The zero-order valence-electron chi connectivity index (χ0n) is 15.3. The minimum absolute atomic E-state index is 0. The second kappa shape index (κ2) is 9.47. The molecule has 0 aliphatic carbocycles. The minimum atomic E-state index is -3.64. The highest BCUT2D eigenvalue weighted by Gasteiger charge is 2.26. The van der Waals surface area contributed by atoms with E-state index in [1.165, 1.54) is 48.5 Å². The molecule has 2 aromatic carbocycles. The van der Waals surface area contributed by atoms with Gasteiger partial charge < -0.3 is 10.6 Å². The number of sulfonamides is 1. The molecule has 2 atom stereocenters. The topological polar surface area (TPSA) is 87.3 Å². The molecule has 1 fully saturated rings. The number of benzene rings is 2. The molecule has 1 saturated heterocycles. The van der Waals surface area contributed by atoms with E-state index in [0.29, 0.717) is 17.8 Å². The van der Waals surface area contributed by atoms with Crippen LogP contribution in [-0.2, 0) is 10.0 Å². The van der Waals surface area contributed by atoms with Crippen molar-refractivity contribution in [2.75, 3.05) is 18.4 Å². The maximum Gasteiger partial charge on any atom is 0.255 e. The Morgan fingerprint density at radius 3 is 2.36 bits per heavy atom. The first-order valence-electron chi connectivity index (χ1n) is 8.75. The molecule has 6 nitrogen and oxygen atoms in total. The smallest absolute Gasteiger partial charge is 0.255 e. The summed E-state index contributed by atoms with van der Waals surface area (Å²) in [6.45, 7) is 3.52. The van der Waals surface area contributed by atoms with E-state index in [9.17, 15) is 17.6 Å². The van der Waals surface area contributed by atoms with E-state index in [1.807, 2.05) is 6.92 Å². The van der Waals surface area contributed by atoms with Crippen LogP contribution in [0.5, 0.6) is 0 Å². The van der Waals surface area contributed by atoms with Crippen molar-refractivity contribution in [3.05, 3.63) is 59.9 Å². The predicted molar refractivity (Wildman–Crippen MR) is 109 cm³/mol. The largest absolute Gasteiger partial charge is 0.322 e. The van der Waals surface area contributed by atoms with Crippen molar-refractivity contribution < 1.29 is 17.6 Å². The van der Waals surface area contributed by atoms with Crippen LogP contribution >= 0.6 is 12.4 Å². The van der Waals surface area contributed by atoms with Gasteiger partial charge in [0, 0.05) is 23.8 Å². The van der Waals surface area contributed by atoms with Gasteiger partial charge in [0.2, 0.25) is 10.0 Å². The van der Waals surface area contributed by atoms with Gasteiger partial charge in [-0.3, -0.25) is 4.79 Å². The third-order valence-electron chi connectivity index (χ3n) is 4.66. The normalized spacial score (nSPS) is 19.5. The Balaban J connectivity index is 0.00000280. The number of hydrogen-bond acceptors (Lipinski definition) is 4. The summed E-state index contributed by atoms with van der Waals surface area (Å²) in [6, 6.07) is 11.0. The van der Waals surface area contributed by atoms with E-state index in [4.69, 9.17) is 0 Å². The lowest BCUT2D eigenvalue weighted by Gasteiger charge is -2.29. The molecule has 2 aromatic rings. The van der Waals surface area contributed by atoms with Crippen molar-refractivity contribution in [3.63, 3.8) is 0 Å². The second-order valence-corrected chi connectivity index (χ2v) is 8.40. The van der Waals surface area contributed by atoms with Gasteiger partial charge in [0.15, 0.2) is 0 Å². The maximum absolute atomic E-state index is 12.9. The van der Waals surface area contributed by atoms with Crippen LogP contribution < -0.4 is 15.4 Å². The highest BCUT2D eigenvalue weighted by Crippen LogP contribution is 2.18. The Morgan fingerprint density at radius 2 is 1.75 bits per heavy atom. The van der Waals surface area contributed by atoms with Gasteiger partial charge in [-0.15, -0.1) is 12.4 Å². The van der Waals surface area contributed by atoms with Crippen LogP contribution in [0.1, 0.15) is 23.7 Å². The first-order chi connectivity index (χ1) is 12.8. The van der Waals surface area contributed by atoms with Crippen molar-refractivity contribution in [1.29, 1.82) is 0 Å². The predicted octanol–water partition coefficient (Wildman–Crippen LogP) is 2.78. The summed E-state index contributed by atoms with van der Waals surface area (Å²) >= 11 is 0. The average molecular weight is 428 g/mol. The summed E-state index contributed by atoms with van der Waals surface area (Å²) in [4.78, 5) is 12.3. The highest BCUT2D eigenvalue weighted by atomic mass is 35.5. The highest BCUT2D eigenvalue weighted by molar-refractivity contribution is 7.89. The molecule has 9 heteroatoms. The molecule has 0 aromatic heterocycles. The summed E-state index contributed by atoms with van der Waals surface area (Å²) in [5, 5.41) is 5.85. The molecule has 0 spiro atoms. The van der Waals surface area contributed by atoms with E-state index < -0.39 is 21.7 Å². The van der Waals surface area contributed by atoms with Gasteiger partial charge in [-0.05, 0) is 67.4 Å². The quantitative estimate of drug-likeness (QED) is 0.684. The molecule has 1 aliphatic heterocycles. The van der Waals surface area contributed by atoms with Crippen molar-refractivity contribution in [3.8, 4) is 0 Å². The zero-order chi connectivity index (χ0) is 19.4. The maximum atomic E-state index is 12.9. The van der Waals surface area contributed by atoms with E-state index in [0.717, 1.165) is 13.0 Å². The zero-order valence-corrected chi connectivity index (χ0v) is 16.9. The first kappa shape index (κ1) is 22.3. The van der Waals surface area contributed by atoms with Crippen LogP contribution in [0.3, 0.4) is 0 Å². The Bertz CT molecular complexity index is 905. The standard InChI is InChI=1S/C19H22FN3O3S.ClH/c1-13-10-11-21-12-18(13)23-27(25,26)17-8-6-16(7-9-17)22-19(24)14-2-4-15(20)5-3-14;/h2-9,13,18,21,23H,10-12H2,1H3,(H,22,24);1H. The molecule has 152 valence electrons. The molecule has 2 unspecified atom stereocenters. The van der Waals surface area contributed by atoms with Gasteiger partial charge >= 0.3 is 0 Å². The number of carbonyl (C=O) groups is 1. The second-order valence-electron chi connectivity index (χ2n) is 6.68. The van der Waals surface area contributed by atoms with Crippen molar-refractivity contribution in [2.45, 2.75) is 24.3 Å². The monoisotopic (exact) mass is 427 g/mol. The van der Waals surface area contributed by atoms with Crippen LogP contribution in [0.2, 0.25) is 0 Å². The molecule has 1 aliphatic rings. The lowest BCUT2D eigenvalue weighted by Crippen LogP contribution is -2.50. The van der Waals surface area contributed by atoms with Crippen LogP contribution in [0, 0.1) is 11.7 Å². The molecule has 3 rings (SSSR count). The Labute approximate surface area is 170 Å². The van der Waals surface area contributed by atoms with E-state index in [-0.39, 0.29) is 29.3 Å². The minimum Gasteiger partial charge on any atom is -0.322 e. The fraction of sp³-hybridized carbons (Fsp3) is 0.316. The number of anilines is 1. The molecule has 28 heavy (non-hydrogen) atoms. The van der Waals surface area contributed by atoms with Gasteiger partial charge in [-0.1, -0.05) is 6.92 Å². The molecule has 1 amide bonds. The van der Waals surface area contributed by atoms with Gasteiger partial charge in [-0.25, -0.2) is 17.5 Å². The summed E-state index contributed by atoms with van der Waals surface area (Å²) in [6.07, 6.45) is 0.918. The number of piperidine rings is 1. The molecule has 1 heterocycles. The van der Waals surface area contributed by atoms with Crippen molar-refractivity contribution in [2.24, 2.45) is 5.92 Å². The SMILES string of the molecule is CC1CCNCC1NS(=O)(=O)c1ccc(NC(=O)c2ccc(F)cc2)cc1.Cl. The summed E-state index contributed by atoms with van der Waals surface area (Å²) in [7, 11) is -3.64. The number of rotatable bonds is 5. The average Bonchev–Trinajstić information content (AvgIpc) is 2.64. The molecule has 0 bridgehead atoms. The summed E-state index contributed by atoms with van der Waals surface area (Å²) in [5.41, 5.74) is 0.768. The van der Waals surface area contributed by atoms with E-state index >= 15 is 0 Å². The number of hydrogen-bond donors (Lipinski definition) is 3.